The summed E-state index contributed by atoms with van der Waals surface area (Å²) in [4.78, 5) is 13.9. The van der Waals surface area contributed by atoms with Crippen LogP contribution in [0.5, 0.6) is 0 Å². The van der Waals surface area contributed by atoms with Crippen molar-refractivity contribution in [3.63, 3.8) is 0 Å². The number of hydrogen-bond donors (Lipinski definition) is 0. The molecule has 0 aromatic rings. The monoisotopic (exact) mass is 728 g/mol. The minimum atomic E-state index is -0.886. The molecule has 0 saturated carbocycles. The molecule has 0 rings (SSSR count). The largest absolute Gasteiger partial charge is 1.00 e. The topological polar surface area (TPSA) is 43.4 Å². The number of carboxylic acid groups (broad SMARTS) is 1. The zero-order chi connectivity index (χ0) is 36.4. The molecule has 0 aliphatic rings. The van der Waals surface area contributed by atoms with Gasteiger partial charge in [-0.2, -0.15) is 0 Å². The van der Waals surface area contributed by atoms with Crippen LogP contribution in [0, 0.1) is 0 Å². The van der Waals surface area contributed by atoms with E-state index in [0.717, 1.165) is 19.5 Å². The molecule has 1 unspecified atom stereocenters. The summed E-state index contributed by atoms with van der Waals surface area (Å²) in [5.41, 5.74) is 0. The molecule has 0 aliphatic heterocycles. The first kappa shape index (κ1) is 53.5. The molecule has 0 heterocycles. The van der Waals surface area contributed by atoms with Gasteiger partial charge in [0.2, 0.25) is 0 Å². The van der Waals surface area contributed by atoms with E-state index in [1.54, 1.807) is 0 Å². The van der Waals surface area contributed by atoms with E-state index in [2.05, 4.69) is 25.7 Å². The van der Waals surface area contributed by atoms with Gasteiger partial charge in [-0.3, -0.25) is 0 Å². The first-order chi connectivity index (χ1) is 24.7. The van der Waals surface area contributed by atoms with Crippen LogP contribution in [0.25, 0.3) is 0 Å². The van der Waals surface area contributed by atoms with Gasteiger partial charge >= 0.3 is 29.6 Å². The summed E-state index contributed by atoms with van der Waals surface area (Å²) >= 11 is 0. The fourth-order valence-electron chi connectivity index (χ4n) is 7.99. The summed E-state index contributed by atoms with van der Waals surface area (Å²) in [6.45, 7) is 8.86. The number of carbonyl (C=O) groups excluding carboxylic acids is 1. The van der Waals surface area contributed by atoms with Gasteiger partial charge in [0, 0.05) is 18.4 Å². The maximum atomic E-state index is 11.4. The van der Waals surface area contributed by atoms with E-state index >= 15 is 0 Å². The average molecular weight is 728 g/mol. The van der Waals surface area contributed by atoms with Gasteiger partial charge in [0.25, 0.3) is 0 Å². The third-order valence-corrected chi connectivity index (χ3v) is 11.5. The Bertz CT molecular complexity index is 602. The Morgan fingerprint density at radius 2 is 0.569 bits per heavy atom. The quantitative estimate of drug-likeness (QED) is 0.0464. The molecule has 0 aromatic heterocycles. The minimum Gasteiger partial charge on any atom is -0.550 e. The Hall–Kier alpha value is 0.430. The van der Waals surface area contributed by atoms with Crippen molar-refractivity contribution < 1.29 is 39.5 Å². The van der Waals surface area contributed by atoms with E-state index in [9.17, 15) is 9.90 Å². The zero-order valence-electron chi connectivity index (χ0n) is 36.0. The minimum absolute atomic E-state index is 0. The molecule has 0 radical (unpaired) electrons. The molecule has 4 heteroatoms. The van der Waals surface area contributed by atoms with Crippen LogP contribution in [0.15, 0.2) is 0 Å². The van der Waals surface area contributed by atoms with Crippen molar-refractivity contribution in [2.75, 3.05) is 13.1 Å². The van der Waals surface area contributed by atoms with Gasteiger partial charge in [-0.15, -0.1) is 0 Å². The second-order valence-electron chi connectivity index (χ2n) is 16.4. The number of carboxylic acids is 1. The Morgan fingerprint density at radius 1 is 0.373 bits per heavy atom. The number of rotatable bonds is 44. The summed E-state index contributed by atoms with van der Waals surface area (Å²) in [6, 6.07) is 0.145. The summed E-state index contributed by atoms with van der Waals surface area (Å²) in [5, 5.41) is 11.4. The Kier molecular flexibility index (Phi) is 48.9. The number of hydrogen-bond acceptors (Lipinski definition) is 3. The van der Waals surface area contributed by atoms with E-state index in [4.69, 9.17) is 0 Å². The Morgan fingerprint density at radius 3 is 0.745 bits per heavy atom. The SMILES string of the molecule is CCCCCCCCCCCCCCCCCCCCCN(CCCCCCCCCCCCCCCCCCCCC)C(CC)CC(=O)[O-].[Na+]. The van der Waals surface area contributed by atoms with Crippen molar-refractivity contribution >= 4 is 5.97 Å². The second-order valence-corrected chi connectivity index (χ2v) is 16.4. The second kappa shape index (κ2) is 46.6. The van der Waals surface area contributed by atoms with Crippen molar-refractivity contribution in [1.82, 2.24) is 4.90 Å². The normalized spacial score (nSPS) is 12.1. The summed E-state index contributed by atoms with van der Waals surface area (Å²) < 4.78 is 0. The maximum Gasteiger partial charge on any atom is 1.00 e. The molecule has 0 aliphatic carbocycles. The van der Waals surface area contributed by atoms with E-state index in [1.165, 1.54) is 244 Å². The number of aliphatic carboxylic acids is 1. The van der Waals surface area contributed by atoms with E-state index < -0.39 is 5.97 Å². The predicted octanol–water partition coefficient (Wildman–Crippen LogP) is 12.1. The van der Waals surface area contributed by atoms with Gasteiger partial charge < -0.3 is 14.8 Å². The molecule has 0 amide bonds. The molecular formula is C47H94NNaO2. The van der Waals surface area contributed by atoms with Gasteiger partial charge in [-0.1, -0.05) is 252 Å². The summed E-state index contributed by atoms with van der Waals surface area (Å²) in [7, 11) is 0. The van der Waals surface area contributed by atoms with Crippen LogP contribution in [0.1, 0.15) is 278 Å². The zero-order valence-corrected chi connectivity index (χ0v) is 38.0. The molecule has 0 N–H and O–H groups in total. The first-order valence-electron chi connectivity index (χ1n) is 23.6. The molecule has 300 valence electrons. The van der Waals surface area contributed by atoms with Crippen LogP contribution < -0.4 is 34.7 Å². The fourth-order valence-corrected chi connectivity index (χ4v) is 7.99. The molecule has 3 nitrogen and oxygen atoms in total. The fraction of sp³-hybridized carbons (Fsp3) is 0.979. The Balaban J connectivity index is 0. The molecule has 1 atom stereocenters. The van der Waals surface area contributed by atoms with Crippen molar-refractivity contribution in [2.45, 2.75) is 284 Å². The molecule has 0 fully saturated rings. The number of carbonyl (C=O) groups is 1. The van der Waals surface area contributed by atoms with Crippen LogP contribution in [0.3, 0.4) is 0 Å². The smallest absolute Gasteiger partial charge is 0.550 e. The molecular weight excluding hydrogens is 634 g/mol. The number of unbranched alkanes of at least 4 members (excludes halogenated alkanes) is 36. The Labute approximate surface area is 345 Å². The molecule has 51 heavy (non-hydrogen) atoms. The van der Waals surface area contributed by atoms with Gasteiger partial charge in [0.05, 0.1) is 0 Å². The van der Waals surface area contributed by atoms with Gasteiger partial charge in [0.1, 0.15) is 0 Å². The predicted molar refractivity (Wildman–Crippen MR) is 222 cm³/mol. The number of nitrogens with zero attached hydrogens (tertiary/aromatic N) is 1. The van der Waals surface area contributed by atoms with Gasteiger partial charge in [0.15, 0.2) is 0 Å². The standard InChI is InChI=1S/C47H95NO2.Na/c1-4-7-9-11-13-15-17-19-21-23-25-27-29-31-33-35-37-39-41-43-48(46(6-3)45-47(49)50)44-42-40-38-36-34-32-30-28-26-24-22-20-18-16-14-12-10-8-5-2;/h46H,4-45H2,1-3H3,(H,49,50);/q;+1/p-1. The van der Waals surface area contributed by atoms with Crippen LogP contribution in [0.4, 0.5) is 0 Å². The van der Waals surface area contributed by atoms with Crippen LogP contribution in [0.2, 0.25) is 0 Å². The van der Waals surface area contributed by atoms with Crippen LogP contribution in [-0.4, -0.2) is 30.0 Å². The first-order valence-corrected chi connectivity index (χ1v) is 23.6. The summed E-state index contributed by atoms with van der Waals surface area (Å²) in [6.07, 6.45) is 54.5. The molecule has 0 spiro atoms. The third kappa shape index (κ3) is 43.0. The molecule has 0 aromatic carbocycles. The van der Waals surface area contributed by atoms with E-state index in [0.29, 0.717) is 0 Å². The van der Waals surface area contributed by atoms with Crippen molar-refractivity contribution in [2.24, 2.45) is 0 Å². The molecule has 0 bridgehead atoms. The summed E-state index contributed by atoms with van der Waals surface area (Å²) in [5.74, 6) is -0.886. The average Bonchev–Trinajstić information content (AvgIpc) is 3.11. The van der Waals surface area contributed by atoms with Gasteiger partial charge in [-0.25, -0.2) is 0 Å². The van der Waals surface area contributed by atoms with E-state index in [-0.39, 0.29) is 42.0 Å². The van der Waals surface area contributed by atoms with Crippen molar-refractivity contribution in [3.05, 3.63) is 0 Å². The van der Waals surface area contributed by atoms with Crippen molar-refractivity contribution in [3.8, 4) is 0 Å². The third-order valence-electron chi connectivity index (χ3n) is 11.5. The molecule has 0 saturated heterocycles. The maximum absolute atomic E-state index is 11.4. The van der Waals surface area contributed by atoms with E-state index in [1.807, 2.05) is 0 Å². The van der Waals surface area contributed by atoms with Crippen LogP contribution in [-0.2, 0) is 4.79 Å². The van der Waals surface area contributed by atoms with Crippen molar-refractivity contribution in [1.29, 1.82) is 0 Å². The van der Waals surface area contributed by atoms with Crippen LogP contribution >= 0.6 is 0 Å². The van der Waals surface area contributed by atoms with Gasteiger partial charge in [-0.05, 0) is 32.4 Å².